The first-order chi connectivity index (χ1) is 11.4. The molecule has 1 aliphatic heterocycles. The number of anilines is 1. The fourth-order valence-electron chi connectivity index (χ4n) is 2.86. The van der Waals surface area contributed by atoms with Crippen LogP contribution in [-0.2, 0) is 22.4 Å². The van der Waals surface area contributed by atoms with Crippen molar-refractivity contribution in [2.45, 2.75) is 52.5 Å². The maximum atomic E-state index is 12.4. The summed E-state index contributed by atoms with van der Waals surface area (Å²) in [6.45, 7) is 7.27. The van der Waals surface area contributed by atoms with Gasteiger partial charge in [0.1, 0.15) is 12.1 Å². The Morgan fingerprint density at radius 1 is 1.17 bits per heavy atom. The smallest absolute Gasteiger partial charge is 0.324 e. The molecule has 1 aliphatic rings. The van der Waals surface area contributed by atoms with Crippen LogP contribution >= 0.6 is 0 Å². The third-order valence-corrected chi connectivity index (χ3v) is 4.62. The minimum atomic E-state index is -0.923. The number of urea groups is 1. The molecular formula is C18H25N3O3. The fourth-order valence-corrected chi connectivity index (χ4v) is 2.86. The zero-order valence-electron chi connectivity index (χ0n) is 14.7. The highest BCUT2D eigenvalue weighted by molar-refractivity contribution is 6.10. The lowest BCUT2D eigenvalue weighted by Gasteiger charge is -2.19. The quantitative estimate of drug-likeness (QED) is 0.786. The van der Waals surface area contributed by atoms with Crippen molar-refractivity contribution < 1.29 is 14.4 Å². The molecule has 2 rings (SSSR count). The van der Waals surface area contributed by atoms with Gasteiger partial charge >= 0.3 is 6.03 Å². The predicted octanol–water partition coefficient (Wildman–Crippen LogP) is 2.47. The van der Waals surface area contributed by atoms with Crippen LogP contribution in [0, 0.1) is 0 Å². The molecule has 0 aromatic heterocycles. The zero-order valence-corrected chi connectivity index (χ0v) is 14.7. The number of hydrogen-bond donors (Lipinski definition) is 2. The van der Waals surface area contributed by atoms with Gasteiger partial charge in [0.15, 0.2) is 0 Å². The number of nitrogens with zero attached hydrogens (tertiary/aromatic N) is 1. The highest BCUT2D eigenvalue weighted by atomic mass is 16.2. The van der Waals surface area contributed by atoms with Gasteiger partial charge < -0.3 is 10.6 Å². The number of hydrogen-bond acceptors (Lipinski definition) is 3. The molecule has 0 aliphatic carbocycles. The minimum absolute atomic E-state index is 0.276. The van der Waals surface area contributed by atoms with E-state index in [0.717, 1.165) is 34.6 Å². The summed E-state index contributed by atoms with van der Waals surface area (Å²) in [6.07, 6.45) is 2.06. The molecule has 1 fully saturated rings. The van der Waals surface area contributed by atoms with Crippen molar-refractivity contribution in [3.05, 3.63) is 29.3 Å². The summed E-state index contributed by atoms with van der Waals surface area (Å²) in [5, 5.41) is 5.53. The Labute approximate surface area is 142 Å². The molecule has 0 bridgehead atoms. The lowest BCUT2D eigenvalue weighted by Crippen LogP contribution is -2.44. The second-order valence-corrected chi connectivity index (χ2v) is 6.21. The van der Waals surface area contributed by atoms with Crippen molar-refractivity contribution in [1.82, 2.24) is 10.2 Å². The van der Waals surface area contributed by atoms with Crippen molar-refractivity contribution in [2.24, 2.45) is 0 Å². The van der Waals surface area contributed by atoms with Gasteiger partial charge in [-0.25, -0.2) is 4.79 Å². The van der Waals surface area contributed by atoms with Crippen LogP contribution in [0.2, 0.25) is 0 Å². The summed E-state index contributed by atoms with van der Waals surface area (Å²) in [6, 6.07) is 5.39. The molecule has 24 heavy (non-hydrogen) atoms. The molecule has 0 saturated carbocycles. The van der Waals surface area contributed by atoms with E-state index in [4.69, 9.17) is 0 Å². The Bertz CT molecular complexity index is 649. The summed E-state index contributed by atoms with van der Waals surface area (Å²) in [4.78, 5) is 37.8. The molecule has 0 radical (unpaired) electrons. The lowest BCUT2D eigenvalue weighted by atomic mass is 9.99. The summed E-state index contributed by atoms with van der Waals surface area (Å²) in [7, 11) is 0. The van der Waals surface area contributed by atoms with E-state index in [2.05, 4.69) is 10.6 Å². The zero-order chi connectivity index (χ0) is 17.9. The van der Waals surface area contributed by atoms with E-state index in [9.17, 15) is 14.4 Å². The number of para-hydroxylation sites is 1. The molecule has 1 heterocycles. The average molecular weight is 331 g/mol. The molecule has 4 amide bonds. The van der Waals surface area contributed by atoms with Gasteiger partial charge in [0.25, 0.3) is 5.91 Å². The Balaban J connectivity index is 2.15. The highest BCUT2D eigenvalue weighted by Crippen LogP contribution is 2.24. The first kappa shape index (κ1) is 18.0. The van der Waals surface area contributed by atoms with Crippen molar-refractivity contribution in [1.29, 1.82) is 0 Å². The van der Waals surface area contributed by atoms with E-state index in [0.29, 0.717) is 6.42 Å². The number of carbonyl (C=O) groups is 3. The van der Waals surface area contributed by atoms with Crippen molar-refractivity contribution >= 4 is 23.5 Å². The standard InChI is InChI=1S/C18H25N3O3/c1-5-12-9-8-10-13(6-2)15(12)19-14(22)11-21-16(23)18(4,7-3)20-17(21)24/h8-10H,5-7,11H2,1-4H3,(H,19,22)(H,20,24)/t18-/m1/s1. The van der Waals surface area contributed by atoms with Crippen LogP contribution in [0.1, 0.15) is 45.2 Å². The van der Waals surface area contributed by atoms with Crippen molar-refractivity contribution in [3.8, 4) is 0 Å². The van der Waals surface area contributed by atoms with Crippen LogP contribution in [0.5, 0.6) is 0 Å². The number of rotatable bonds is 6. The minimum Gasteiger partial charge on any atom is -0.324 e. The Hall–Kier alpha value is -2.37. The van der Waals surface area contributed by atoms with Crippen LogP contribution < -0.4 is 10.6 Å². The monoisotopic (exact) mass is 331 g/mol. The molecule has 1 atom stereocenters. The van der Waals surface area contributed by atoms with E-state index in [1.165, 1.54) is 0 Å². The molecular weight excluding hydrogens is 306 g/mol. The van der Waals surface area contributed by atoms with E-state index >= 15 is 0 Å². The van der Waals surface area contributed by atoms with Crippen LogP contribution in [0.25, 0.3) is 0 Å². The number of aryl methyl sites for hydroxylation is 2. The van der Waals surface area contributed by atoms with E-state index in [-0.39, 0.29) is 18.4 Å². The van der Waals surface area contributed by atoms with Gasteiger partial charge in [-0.05, 0) is 37.3 Å². The molecule has 6 heteroatoms. The van der Waals surface area contributed by atoms with Gasteiger partial charge in [0.05, 0.1) is 0 Å². The topological polar surface area (TPSA) is 78.5 Å². The van der Waals surface area contributed by atoms with Gasteiger partial charge in [0, 0.05) is 5.69 Å². The lowest BCUT2D eigenvalue weighted by molar-refractivity contribution is -0.133. The number of amides is 4. The largest absolute Gasteiger partial charge is 0.325 e. The van der Waals surface area contributed by atoms with Crippen molar-refractivity contribution in [2.75, 3.05) is 11.9 Å². The first-order valence-electron chi connectivity index (χ1n) is 8.41. The SMILES string of the molecule is CCc1cccc(CC)c1NC(=O)CN1C(=O)N[C@](C)(CC)C1=O. The van der Waals surface area contributed by atoms with Gasteiger partial charge in [0.2, 0.25) is 5.91 Å². The van der Waals surface area contributed by atoms with Crippen LogP contribution in [0.15, 0.2) is 18.2 Å². The number of benzene rings is 1. The molecule has 0 unspecified atom stereocenters. The van der Waals surface area contributed by atoms with Gasteiger partial charge in [-0.1, -0.05) is 39.0 Å². The maximum absolute atomic E-state index is 12.4. The van der Waals surface area contributed by atoms with Crippen LogP contribution in [0.4, 0.5) is 10.5 Å². The molecule has 0 spiro atoms. The van der Waals surface area contributed by atoms with Crippen molar-refractivity contribution in [3.63, 3.8) is 0 Å². The fraction of sp³-hybridized carbons (Fsp3) is 0.500. The first-order valence-corrected chi connectivity index (χ1v) is 8.41. The summed E-state index contributed by atoms with van der Waals surface area (Å²) < 4.78 is 0. The number of carbonyl (C=O) groups excluding carboxylic acids is 3. The maximum Gasteiger partial charge on any atom is 0.325 e. The number of imide groups is 1. The molecule has 1 saturated heterocycles. The average Bonchev–Trinajstić information content (AvgIpc) is 2.79. The third kappa shape index (κ3) is 3.27. The van der Waals surface area contributed by atoms with Crippen LogP contribution in [-0.4, -0.2) is 34.8 Å². The van der Waals surface area contributed by atoms with Gasteiger partial charge in [-0.2, -0.15) is 0 Å². The summed E-state index contributed by atoms with van der Waals surface area (Å²) in [5.74, 6) is -0.723. The van der Waals surface area contributed by atoms with E-state index in [1.54, 1.807) is 6.92 Å². The second kappa shape index (κ2) is 7.03. The van der Waals surface area contributed by atoms with E-state index in [1.807, 2.05) is 39.0 Å². The molecule has 130 valence electrons. The molecule has 1 aromatic rings. The van der Waals surface area contributed by atoms with Gasteiger partial charge in [-0.3, -0.25) is 14.5 Å². The predicted molar refractivity (Wildman–Crippen MR) is 92.8 cm³/mol. The van der Waals surface area contributed by atoms with Crippen LogP contribution in [0.3, 0.4) is 0 Å². The Morgan fingerprint density at radius 3 is 2.21 bits per heavy atom. The molecule has 2 N–H and O–H groups in total. The normalized spacial score (nSPS) is 20.2. The highest BCUT2D eigenvalue weighted by Gasteiger charge is 2.46. The number of nitrogens with one attached hydrogen (secondary N) is 2. The third-order valence-electron chi connectivity index (χ3n) is 4.62. The van der Waals surface area contributed by atoms with E-state index < -0.39 is 11.6 Å². The molecule has 1 aromatic carbocycles. The summed E-state index contributed by atoms with van der Waals surface area (Å²) in [5.41, 5.74) is 1.95. The second-order valence-electron chi connectivity index (χ2n) is 6.21. The van der Waals surface area contributed by atoms with Gasteiger partial charge in [-0.15, -0.1) is 0 Å². The Kier molecular flexibility index (Phi) is 5.26. The molecule has 6 nitrogen and oxygen atoms in total. The summed E-state index contributed by atoms with van der Waals surface area (Å²) >= 11 is 0. The Morgan fingerprint density at radius 2 is 1.75 bits per heavy atom.